The van der Waals surface area contributed by atoms with Gasteiger partial charge in [-0.2, -0.15) is 0 Å². The van der Waals surface area contributed by atoms with Gasteiger partial charge in [-0.3, -0.25) is 0 Å². The van der Waals surface area contributed by atoms with Crippen LogP contribution in [0, 0.1) is 11.7 Å². The first-order chi connectivity index (χ1) is 9.13. The molecular weight excluding hydrogens is 263 g/mol. The van der Waals surface area contributed by atoms with Crippen molar-refractivity contribution in [2.45, 2.75) is 24.1 Å². The molecule has 1 aromatic rings. The highest BCUT2D eigenvalue weighted by Gasteiger charge is 2.49. The SMILES string of the molecule is C[C@@H]1SC(N)=N[C@@]2(c3ccccc3F)COCC[C@@H]12. The second-order valence-electron chi connectivity index (χ2n) is 5.12. The summed E-state index contributed by atoms with van der Waals surface area (Å²) in [5.41, 5.74) is 5.89. The summed E-state index contributed by atoms with van der Waals surface area (Å²) in [6.07, 6.45) is 0.888. The number of fused-ring (bicyclic) bond motifs is 1. The van der Waals surface area contributed by atoms with Gasteiger partial charge in [-0.15, -0.1) is 0 Å². The highest BCUT2D eigenvalue weighted by atomic mass is 32.2. The molecule has 5 heteroatoms. The number of thioether (sulfide) groups is 1. The quantitative estimate of drug-likeness (QED) is 0.860. The first-order valence-electron chi connectivity index (χ1n) is 6.48. The maximum absolute atomic E-state index is 14.2. The Morgan fingerprint density at radius 1 is 1.47 bits per heavy atom. The third-order valence-electron chi connectivity index (χ3n) is 4.03. The van der Waals surface area contributed by atoms with Gasteiger partial charge in [-0.25, -0.2) is 9.38 Å². The Morgan fingerprint density at radius 2 is 2.26 bits per heavy atom. The molecule has 0 aromatic heterocycles. The van der Waals surface area contributed by atoms with Crippen LogP contribution in [0.25, 0.3) is 0 Å². The molecule has 0 aliphatic carbocycles. The zero-order chi connectivity index (χ0) is 13.5. The molecule has 3 nitrogen and oxygen atoms in total. The molecule has 2 aliphatic rings. The maximum atomic E-state index is 14.2. The zero-order valence-electron chi connectivity index (χ0n) is 10.8. The van der Waals surface area contributed by atoms with Gasteiger partial charge in [0.25, 0.3) is 0 Å². The first kappa shape index (κ1) is 12.9. The Bertz CT molecular complexity index is 522. The molecule has 3 atom stereocenters. The lowest BCUT2D eigenvalue weighted by atomic mass is 9.74. The van der Waals surface area contributed by atoms with Crippen molar-refractivity contribution in [1.82, 2.24) is 0 Å². The summed E-state index contributed by atoms with van der Waals surface area (Å²) in [6, 6.07) is 6.82. The second-order valence-corrected chi connectivity index (χ2v) is 6.52. The van der Waals surface area contributed by atoms with Gasteiger partial charge < -0.3 is 10.5 Å². The van der Waals surface area contributed by atoms with Crippen LogP contribution in [0.3, 0.4) is 0 Å². The Balaban J connectivity index is 2.16. The van der Waals surface area contributed by atoms with E-state index in [1.807, 2.05) is 6.07 Å². The minimum atomic E-state index is -0.654. The van der Waals surface area contributed by atoms with E-state index >= 15 is 0 Å². The number of hydrogen-bond donors (Lipinski definition) is 1. The minimum Gasteiger partial charge on any atom is -0.379 e. The maximum Gasteiger partial charge on any atom is 0.155 e. The van der Waals surface area contributed by atoms with Crippen LogP contribution in [0.4, 0.5) is 4.39 Å². The molecule has 0 radical (unpaired) electrons. The van der Waals surface area contributed by atoms with Crippen molar-refractivity contribution < 1.29 is 9.13 Å². The van der Waals surface area contributed by atoms with E-state index in [-0.39, 0.29) is 11.7 Å². The van der Waals surface area contributed by atoms with E-state index in [0.717, 1.165) is 6.42 Å². The Kier molecular flexibility index (Phi) is 3.27. The Labute approximate surface area is 116 Å². The van der Waals surface area contributed by atoms with Crippen LogP contribution in [0.15, 0.2) is 29.3 Å². The lowest BCUT2D eigenvalue weighted by Crippen LogP contribution is -2.50. The van der Waals surface area contributed by atoms with Gasteiger partial charge in [0, 0.05) is 23.3 Å². The summed E-state index contributed by atoms with van der Waals surface area (Å²) in [4.78, 5) is 4.61. The summed E-state index contributed by atoms with van der Waals surface area (Å²) in [7, 11) is 0. The van der Waals surface area contributed by atoms with Crippen molar-refractivity contribution in [2.75, 3.05) is 13.2 Å². The summed E-state index contributed by atoms with van der Waals surface area (Å²) >= 11 is 1.58. The molecule has 2 aliphatic heterocycles. The fourth-order valence-corrected chi connectivity index (χ4v) is 4.29. The molecule has 0 bridgehead atoms. The summed E-state index contributed by atoms with van der Waals surface area (Å²) in [5, 5.41) is 0.846. The van der Waals surface area contributed by atoms with Gasteiger partial charge in [0.05, 0.1) is 6.61 Å². The average Bonchev–Trinajstić information content (AvgIpc) is 2.38. The van der Waals surface area contributed by atoms with Crippen molar-refractivity contribution in [3.8, 4) is 0 Å². The van der Waals surface area contributed by atoms with Crippen molar-refractivity contribution in [3.05, 3.63) is 35.6 Å². The largest absolute Gasteiger partial charge is 0.379 e. The average molecular weight is 280 g/mol. The number of amidine groups is 1. The van der Waals surface area contributed by atoms with Crippen molar-refractivity contribution in [3.63, 3.8) is 0 Å². The van der Waals surface area contributed by atoms with E-state index in [9.17, 15) is 4.39 Å². The van der Waals surface area contributed by atoms with Crippen LogP contribution in [-0.2, 0) is 10.3 Å². The van der Waals surface area contributed by atoms with E-state index in [2.05, 4.69) is 11.9 Å². The molecule has 1 saturated heterocycles. The van der Waals surface area contributed by atoms with Gasteiger partial charge in [0.1, 0.15) is 11.4 Å². The standard InChI is InChI=1S/C14H17FN2OS/c1-9-10-6-7-18-8-14(10,17-13(16)19-9)11-4-2-3-5-12(11)15/h2-5,9-10H,6-8H2,1H3,(H2,16,17)/t9-,10-,14-/m0/s1. The second kappa shape index (κ2) is 4.80. The van der Waals surface area contributed by atoms with E-state index in [4.69, 9.17) is 10.5 Å². The highest BCUT2D eigenvalue weighted by Crippen LogP contribution is 2.48. The molecule has 102 valence electrons. The van der Waals surface area contributed by atoms with E-state index in [1.165, 1.54) is 6.07 Å². The van der Waals surface area contributed by atoms with Crippen molar-refractivity contribution in [2.24, 2.45) is 16.6 Å². The molecule has 2 heterocycles. The minimum absolute atomic E-state index is 0.228. The van der Waals surface area contributed by atoms with Crippen LogP contribution in [0.2, 0.25) is 0 Å². The number of halogens is 1. The van der Waals surface area contributed by atoms with Crippen LogP contribution in [-0.4, -0.2) is 23.6 Å². The fraction of sp³-hybridized carbons (Fsp3) is 0.500. The van der Waals surface area contributed by atoms with Gasteiger partial charge in [-0.1, -0.05) is 36.9 Å². The van der Waals surface area contributed by atoms with Gasteiger partial charge >= 0.3 is 0 Å². The zero-order valence-corrected chi connectivity index (χ0v) is 11.6. The summed E-state index contributed by atoms with van der Waals surface area (Å²) in [6.45, 7) is 3.25. The predicted molar refractivity (Wildman–Crippen MR) is 75.7 cm³/mol. The summed E-state index contributed by atoms with van der Waals surface area (Å²) in [5.74, 6) is 0.0316. The first-order valence-corrected chi connectivity index (χ1v) is 7.36. The monoisotopic (exact) mass is 280 g/mol. The summed E-state index contributed by atoms with van der Waals surface area (Å²) < 4.78 is 19.8. The third-order valence-corrected chi connectivity index (χ3v) is 5.07. The lowest BCUT2D eigenvalue weighted by Gasteiger charge is -2.46. The van der Waals surface area contributed by atoms with Crippen molar-refractivity contribution in [1.29, 1.82) is 0 Å². The number of rotatable bonds is 1. The van der Waals surface area contributed by atoms with E-state index in [1.54, 1.807) is 23.9 Å². The van der Waals surface area contributed by atoms with Crippen LogP contribution in [0.5, 0.6) is 0 Å². The molecular formula is C14H17FN2OS. The van der Waals surface area contributed by atoms with E-state index in [0.29, 0.717) is 29.2 Å². The predicted octanol–water partition coefficient (Wildman–Crippen LogP) is 2.51. The molecule has 0 unspecified atom stereocenters. The third kappa shape index (κ3) is 2.05. The highest BCUT2D eigenvalue weighted by molar-refractivity contribution is 8.14. The van der Waals surface area contributed by atoms with Crippen molar-refractivity contribution >= 4 is 16.9 Å². The van der Waals surface area contributed by atoms with Gasteiger partial charge in [-0.05, 0) is 12.5 Å². The van der Waals surface area contributed by atoms with Gasteiger partial charge in [0.2, 0.25) is 0 Å². The number of hydrogen-bond acceptors (Lipinski definition) is 4. The Morgan fingerprint density at radius 3 is 3.05 bits per heavy atom. The van der Waals surface area contributed by atoms with Gasteiger partial charge in [0.15, 0.2) is 5.17 Å². The smallest absolute Gasteiger partial charge is 0.155 e. The fourth-order valence-electron chi connectivity index (χ4n) is 3.17. The molecule has 3 rings (SSSR count). The lowest BCUT2D eigenvalue weighted by molar-refractivity contribution is -0.00420. The molecule has 2 N–H and O–H groups in total. The van der Waals surface area contributed by atoms with Crippen LogP contribution >= 0.6 is 11.8 Å². The number of nitrogens with two attached hydrogens (primary N) is 1. The normalized spacial score (nSPS) is 34.5. The number of nitrogens with zero attached hydrogens (tertiary/aromatic N) is 1. The van der Waals surface area contributed by atoms with Crippen LogP contribution in [0.1, 0.15) is 18.9 Å². The topological polar surface area (TPSA) is 47.6 Å². The van der Waals surface area contributed by atoms with E-state index < -0.39 is 5.54 Å². The molecule has 0 amide bonds. The molecule has 0 saturated carbocycles. The number of benzene rings is 1. The molecule has 19 heavy (non-hydrogen) atoms. The number of aliphatic imine (C=N–C) groups is 1. The molecule has 1 fully saturated rings. The van der Waals surface area contributed by atoms with Crippen LogP contribution < -0.4 is 5.73 Å². The molecule has 1 aromatic carbocycles. The number of ether oxygens (including phenoxy) is 1. The Hall–Kier alpha value is -1.07. The molecule has 0 spiro atoms.